The highest BCUT2D eigenvalue weighted by molar-refractivity contribution is 7.99. The summed E-state index contributed by atoms with van der Waals surface area (Å²) < 4.78 is 5.35. The van der Waals surface area contributed by atoms with E-state index in [0.717, 1.165) is 21.2 Å². The zero-order valence-corrected chi connectivity index (χ0v) is 15.6. The van der Waals surface area contributed by atoms with E-state index in [0.29, 0.717) is 10.6 Å². The molecule has 0 radical (unpaired) electrons. The molecule has 2 N–H and O–H groups in total. The number of methoxy groups -OCH3 is 1. The normalized spacial score (nSPS) is 10.8. The Balaban J connectivity index is 1.78. The van der Waals surface area contributed by atoms with Gasteiger partial charge in [-0.15, -0.1) is 0 Å². The summed E-state index contributed by atoms with van der Waals surface area (Å²) in [6.07, 6.45) is 1.50. The summed E-state index contributed by atoms with van der Waals surface area (Å²) in [7, 11) is 1.63. The maximum absolute atomic E-state index is 10.3. The van der Waals surface area contributed by atoms with Gasteiger partial charge in [0.2, 0.25) is 0 Å². The minimum Gasteiger partial charge on any atom is -0.507 e. The van der Waals surface area contributed by atoms with E-state index in [-0.39, 0.29) is 5.75 Å². The topological polar surface area (TPSA) is 53.9 Å². The van der Waals surface area contributed by atoms with Crippen LogP contribution in [0.5, 0.6) is 11.5 Å². The zero-order chi connectivity index (χ0) is 18.4. The first-order valence-corrected chi connectivity index (χ1v) is 9.04. The summed E-state index contributed by atoms with van der Waals surface area (Å²) in [5, 5.41) is 14.9. The van der Waals surface area contributed by atoms with Gasteiger partial charge >= 0.3 is 0 Å². The highest BCUT2D eigenvalue weighted by atomic mass is 35.5. The Bertz CT molecular complexity index is 894. The number of nitrogens with zero attached hydrogens (tertiary/aromatic N) is 1. The Morgan fingerprint density at radius 2 is 1.81 bits per heavy atom. The molecule has 26 heavy (non-hydrogen) atoms. The molecule has 0 unspecified atom stereocenters. The van der Waals surface area contributed by atoms with Crippen LogP contribution in [0.2, 0.25) is 5.02 Å². The molecule has 0 atom stereocenters. The number of phenols is 1. The van der Waals surface area contributed by atoms with Crippen molar-refractivity contribution in [1.29, 1.82) is 0 Å². The largest absolute Gasteiger partial charge is 0.507 e. The Kier molecular flexibility index (Phi) is 6.04. The number of para-hydroxylation sites is 2. The van der Waals surface area contributed by atoms with Crippen LogP contribution < -0.4 is 10.2 Å². The maximum Gasteiger partial charge on any atom is 0.132 e. The molecule has 0 saturated heterocycles. The second-order valence-corrected chi connectivity index (χ2v) is 6.85. The van der Waals surface area contributed by atoms with Crippen molar-refractivity contribution in [1.82, 2.24) is 0 Å². The Labute approximate surface area is 161 Å². The van der Waals surface area contributed by atoms with Gasteiger partial charge in [0.15, 0.2) is 0 Å². The van der Waals surface area contributed by atoms with E-state index in [9.17, 15) is 5.11 Å². The van der Waals surface area contributed by atoms with Crippen LogP contribution in [0.3, 0.4) is 0 Å². The van der Waals surface area contributed by atoms with E-state index in [1.807, 2.05) is 54.6 Å². The predicted molar refractivity (Wildman–Crippen MR) is 108 cm³/mol. The lowest BCUT2D eigenvalue weighted by Crippen LogP contribution is -1.92. The van der Waals surface area contributed by atoms with Crippen LogP contribution in [-0.2, 0) is 0 Å². The van der Waals surface area contributed by atoms with Crippen LogP contribution in [0.4, 0.5) is 5.69 Å². The van der Waals surface area contributed by atoms with Gasteiger partial charge in [-0.2, -0.15) is 5.10 Å². The van der Waals surface area contributed by atoms with Crippen LogP contribution in [0.1, 0.15) is 5.56 Å². The van der Waals surface area contributed by atoms with E-state index < -0.39 is 0 Å². The molecule has 0 amide bonds. The second kappa shape index (κ2) is 8.65. The Hall–Kier alpha value is -2.63. The fourth-order valence-corrected chi connectivity index (χ4v) is 3.61. The van der Waals surface area contributed by atoms with Gasteiger partial charge in [0.25, 0.3) is 0 Å². The quantitative estimate of drug-likeness (QED) is 0.426. The van der Waals surface area contributed by atoms with Gasteiger partial charge in [0, 0.05) is 4.90 Å². The third-order valence-corrected chi connectivity index (χ3v) is 4.88. The first-order valence-electron chi connectivity index (χ1n) is 7.85. The molecule has 6 heteroatoms. The van der Waals surface area contributed by atoms with Gasteiger partial charge in [-0.25, -0.2) is 0 Å². The first kappa shape index (κ1) is 18.2. The highest BCUT2D eigenvalue weighted by Gasteiger charge is 2.10. The molecule has 0 saturated carbocycles. The molecule has 0 aliphatic carbocycles. The monoisotopic (exact) mass is 384 g/mol. The third kappa shape index (κ3) is 4.50. The number of nitrogens with one attached hydrogen (secondary N) is 1. The Morgan fingerprint density at radius 1 is 1.08 bits per heavy atom. The number of phenolic OH excluding ortho intramolecular Hbond substituents is 1. The third-order valence-electron chi connectivity index (χ3n) is 3.54. The van der Waals surface area contributed by atoms with Crippen LogP contribution in [0.15, 0.2) is 81.6 Å². The van der Waals surface area contributed by atoms with Gasteiger partial charge in [-0.05, 0) is 36.4 Å². The molecule has 0 spiro atoms. The van der Waals surface area contributed by atoms with Crippen molar-refractivity contribution in [3.8, 4) is 11.5 Å². The van der Waals surface area contributed by atoms with Crippen molar-refractivity contribution in [3.63, 3.8) is 0 Å². The summed E-state index contributed by atoms with van der Waals surface area (Å²) in [6, 6.07) is 20.7. The first-order chi connectivity index (χ1) is 12.7. The lowest BCUT2D eigenvalue weighted by atomic mass is 10.2. The molecule has 3 aromatic rings. The number of hydrogen-bond donors (Lipinski definition) is 2. The number of ether oxygens (including phenoxy) is 1. The number of rotatable bonds is 6. The summed E-state index contributed by atoms with van der Waals surface area (Å²) in [6.45, 7) is 0. The second-order valence-electron chi connectivity index (χ2n) is 5.33. The standard InChI is InChI=1S/C20H17ClN2O2S/c1-25-19-9-5-6-10-20(19)26-15-11-17(21)16(18(24)12-15)13-22-23-14-7-3-2-4-8-14/h2-13,23-24H,1H3. The van der Waals surface area contributed by atoms with E-state index in [1.165, 1.54) is 18.0 Å². The van der Waals surface area contributed by atoms with E-state index >= 15 is 0 Å². The van der Waals surface area contributed by atoms with E-state index in [2.05, 4.69) is 10.5 Å². The molecule has 3 aromatic carbocycles. The Morgan fingerprint density at radius 3 is 2.54 bits per heavy atom. The lowest BCUT2D eigenvalue weighted by molar-refractivity contribution is 0.405. The molecule has 3 rings (SSSR count). The molecule has 0 heterocycles. The smallest absolute Gasteiger partial charge is 0.132 e. The molecule has 0 aromatic heterocycles. The molecule has 132 valence electrons. The fourth-order valence-electron chi connectivity index (χ4n) is 2.28. The average Bonchev–Trinajstić information content (AvgIpc) is 2.65. The maximum atomic E-state index is 10.3. The average molecular weight is 385 g/mol. The van der Waals surface area contributed by atoms with Gasteiger partial charge in [-0.1, -0.05) is 53.7 Å². The predicted octanol–water partition coefficient (Wildman–Crippen LogP) is 5.65. The SMILES string of the molecule is COc1ccccc1Sc1cc(O)c(C=NNc2ccccc2)c(Cl)c1. The number of aromatic hydroxyl groups is 1. The summed E-state index contributed by atoms with van der Waals surface area (Å²) in [4.78, 5) is 1.75. The van der Waals surface area contributed by atoms with Crippen LogP contribution in [0.25, 0.3) is 0 Å². The molecule has 0 aliphatic rings. The van der Waals surface area contributed by atoms with Gasteiger partial charge in [0.05, 0.1) is 34.5 Å². The minimum absolute atomic E-state index is 0.0634. The lowest BCUT2D eigenvalue weighted by Gasteiger charge is -2.10. The van der Waals surface area contributed by atoms with Crippen molar-refractivity contribution in [2.45, 2.75) is 9.79 Å². The molecular formula is C20H17ClN2O2S. The van der Waals surface area contributed by atoms with Gasteiger partial charge in [0.1, 0.15) is 11.5 Å². The number of anilines is 1. The minimum atomic E-state index is 0.0634. The number of benzene rings is 3. The summed E-state index contributed by atoms with van der Waals surface area (Å²) in [5.41, 5.74) is 4.20. The number of halogens is 1. The van der Waals surface area contributed by atoms with Crippen molar-refractivity contribution in [3.05, 3.63) is 77.3 Å². The summed E-state index contributed by atoms with van der Waals surface area (Å²) in [5.74, 6) is 0.833. The van der Waals surface area contributed by atoms with Crippen LogP contribution in [0, 0.1) is 0 Å². The highest BCUT2D eigenvalue weighted by Crippen LogP contribution is 2.38. The van der Waals surface area contributed by atoms with Gasteiger partial charge < -0.3 is 9.84 Å². The summed E-state index contributed by atoms with van der Waals surface area (Å²) >= 11 is 7.80. The molecule has 0 fully saturated rings. The number of hydrogen-bond acceptors (Lipinski definition) is 5. The number of hydrazone groups is 1. The van der Waals surface area contributed by atoms with Crippen molar-refractivity contribution in [2.24, 2.45) is 5.10 Å². The van der Waals surface area contributed by atoms with Crippen molar-refractivity contribution >= 4 is 35.3 Å². The van der Waals surface area contributed by atoms with Crippen molar-refractivity contribution in [2.75, 3.05) is 12.5 Å². The van der Waals surface area contributed by atoms with Gasteiger partial charge in [-0.3, -0.25) is 5.43 Å². The van der Waals surface area contributed by atoms with E-state index in [1.54, 1.807) is 19.2 Å². The zero-order valence-electron chi connectivity index (χ0n) is 14.0. The van der Waals surface area contributed by atoms with Crippen LogP contribution in [-0.4, -0.2) is 18.4 Å². The van der Waals surface area contributed by atoms with E-state index in [4.69, 9.17) is 16.3 Å². The fraction of sp³-hybridized carbons (Fsp3) is 0.0500. The molecule has 4 nitrogen and oxygen atoms in total. The van der Waals surface area contributed by atoms with Crippen LogP contribution >= 0.6 is 23.4 Å². The molecule has 0 bridgehead atoms. The molecule has 0 aliphatic heterocycles. The molecular weight excluding hydrogens is 368 g/mol. The van der Waals surface area contributed by atoms with Crippen molar-refractivity contribution < 1.29 is 9.84 Å².